The molecule has 0 bridgehead atoms. The van der Waals surface area contributed by atoms with Crippen LogP contribution in [0.1, 0.15) is 27.0 Å². The van der Waals surface area contributed by atoms with E-state index >= 15 is 0 Å². The van der Waals surface area contributed by atoms with Crippen molar-refractivity contribution in [3.63, 3.8) is 0 Å². The number of nitrogens with zero attached hydrogens (tertiary/aromatic N) is 2. The fourth-order valence-corrected chi connectivity index (χ4v) is 4.55. The number of hydrogen-bond acceptors (Lipinski definition) is 4. The smallest absolute Gasteiger partial charge is 0.189 e. The van der Waals surface area contributed by atoms with Gasteiger partial charge in [0.15, 0.2) is 5.78 Å². The normalized spacial score (nSPS) is 17.7. The highest BCUT2D eigenvalue weighted by molar-refractivity contribution is 6.15. The lowest BCUT2D eigenvalue weighted by molar-refractivity contribution is 0.104. The SMILES string of the molecule is O=C1/C(=C\c2ccc(O)c(CN3CCN(c4ccc(F)cc4)CC3)c2)Cc2ccccc21. The Morgan fingerprint density at radius 3 is 2.44 bits per heavy atom. The monoisotopic (exact) mass is 428 g/mol. The first kappa shape index (κ1) is 20.5. The minimum atomic E-state index is -0.221. The Hall–Kier alpha value is -3.44. The quantitative estimate of drug-likeness (QED) is 0.613. The summed E-state index contributed by atoms with van der Waals surface area (Å²) in [6.45, 7) is 4.06. The van der Waals surface area contributed by atoms with Crippen LogP contribution in [0, 0.1) is 5.82 Å². The Morgan fingerprint density at radius 2 is 1.69 bits per heavy atom. The third-order valence-electron chi connectivity index (χ3n) is 6.34. The van der Waals surface area contributed by atoms with Crippen molar-refractivity contribution in [1.29, 1.82) is 0 Å². The first-order valence-electron chi connectivity index (χ1n) is 10.9. The largest absolute Gasteiger partial charge is 0.508 e. The molecule has 0 amide bonds. The van der Waals surface area contributed by atoms with Gasteiger partial charge in [-0.25, -0.2) is 4.39 Å². The van der Waals surface area contributed by atoms with Crippen LogP contribution in [0.2, 0.25) is 0 Å². The Kier molecular flexibility index (Phi) is 5.50. The summed E-state index contributed by atoms with van der Waals surface area (Å²) in [7, 11) is 0. The number of aromatic hydroxyl groups is 1. The predicted molar refractivity (Wildman–Crippen MR) is 124 cm³/mol. The van der Waals surface area contributed by atoms with Gasteiger partial charge in [0.25, 0.3) is 0 Å². The van der Waals surface area contributed by atoms with Gasteiger partial charge in [0, 0.05) is 61.5 Å². The topological polar surface area (TPSA) is 43.8 Å². The summed E-state index contributed by atoms with van der Waals surface area (Å²) in [4.78, 5) is 17.2. The molecule has 162 valence electrons. The Bertz CT molecular complexity index is 1180. The van der Waals surface area contributed by atoms with Gasteiger partial charge in [0.05, 0.1) is 0 Å². The number of Topliss-reactive ketones (excluding diaryl/α,β-unsaturated/α-hetero) is 1. The van der Waals surface area contributed by atoms with Gasteiger partial charge in [-0.3, -0.25) is 9.69 Å². The van der Waals surface area contributed by atoms with E-state index in [9.17, 15) is 14.3 Å². The van der Waals surface area contributed by atoms with Crippen molar-refractivity contribution >= 4 is 17.5 Å². The Morgan fingerprint density at radius 1 is 0.938 bits per heavy atom. The molecule has 0 saturated carbocycles. The number of carbonyl (C=O) groups excluding carboxylic acids is 1. The molecule has 4 nitrogen and oxygen atoms in total. The van der Waals surface area contributed by atoms with Crippen LogP contribution in [0.4, 0.5) is 10.1 Å². The molecule has 0 radical (unpaired) electrons. The molecular formula is C27H25FN2O2. The molecule has 1 aliphatic heterocycles. The number of benzene rings is 3. The number of halogens is 1. The third kappa shape index (κ3) is 4.16. The summed E-state index contributed by atoms with van der Waals surface area (Å²) in [6, 6.07) is 19.9. The van der Waals surface area contributed by atoms with E-state index in [1.165, 1.54) is 12.1 Å². The van der Waals surface area contributed by atoms with Crippen molar-refractivity contribution in [2.45, 2.75) is 13.0 Å². The number of carbonyl (C=O) groups is 1. The zero-order valence-corrected chi connectivity index (χ0v) is 17.8. The second-order valence-corrected chi connectivity index (χ2v) is 8.46. The minimum Gasteiger partial charge on any atom is -0.508 e. The van der Waals surface area contributed by atoms with Crippen LogP contribution in [0.25, 0.3) is 6.08 Å². The highest BCUT2D eigenvalue weighted by Gasteiger charge is 2.24. The molecule has 5 rings (SSSR count). The lowest BCUT2D eigenvalue weighted by Gasteiger charge is -2.36. The molecule has 1 aliphatic carbocycles. The zero-order valence-electron chi connectivity index (χ0n) is 17.8. The highest BCUT2D eigenvalue weighted by Crippen LogP contribution is 2.29. The average Bonchev–Trinajstić information content (AvgIpc) is 3.12. The summed E-state index contributed by atoms with van der Waals surface area (Å²) < 4.78 is 13.2. The molecule has 1 heterocycles. The third-order valence-corrected chi connectivity index (χ3v) is 6.34. The van der Waals surface area contributed by atoms with E-state index in [1.807, 2.05) is 54.6 Å². The van der Waals surface area contributed by atoms with E-state index in [0.717, 1.165) is 59.7 Å². The van der Waals surface area contributed by atoms with Crippen LogP contribution in [0.5, 0.6) is 5.75 Å². The summed E-state index contributed by atoms with van der Waals surface area (Å²) in [6.07, 6.45) is 2.59. The second-order valence-electron chi connectivity index (χ2n) is 8.46. The number of phenolic OH excluding ortho intramolecular Hbond substituents is 1. The van der Waals surface area contributed by atoms with E-state index < -0.39 is 0 Å². The molecule has 0 aromatic heterocycles. The van der Waals surface area contributed by atoms with Gasteiger partial charge in [-0.1, -0.05) is 30.3 Å². The van der Waals surface area contributed by atoms with Gasteiger partial charge in [-0.05, 0) is 53.6 Å². The standard InChI is InChI=1S/C27H25FN2O2/c28-23-6-8-24(9-7-23)30-13-11-29(12-14-30)18-22-16-19(5-10-26(22)31)15-21-17-20-3-1-2-4-25(20)27(21)32/h1-10,15-16,31H,11-14,17-18H2/b21-15-. The molecule has 0 unspecified atom stereocenters. The minimum absolute atomic E-state index is 0.0899. The van der Waals surface area contributed by atoms with Gasteiger partial charge in [0.2, 0.25) is 0 Å². The lowest BCUT2D eigenvalue weighted by Crippen LogP contribution is -2.45. The number of fused-ring (bicyclic) bond motifs is 1. The number of phenols is 1. The molecule has 3 aromatic carbocycles. The fourth-order valence-electron chi connectivity index (χ4n) is 4.55. The van der Waals surface area contributed by atoms with Gasteiger partial charge >= 0.3 is 0 Å². The predicted octanol–water partition coefficient (Wildman–Crippen LogP) is 4.68. The molecule has 3 aromatic rings. The molecule has 1 fully saturated rings. The number of allylic oxidation sites excluding steroid dienone is 1. The van der Waals surface area contributed by atoms with Crippen LogP contribution in [-0.4, -0.2) is 42.0 Å². The van der Waals surface area contributed by atoms with Crippen LogP contribution in [0.15, 0.2) is 72.3 Å². The summed E-state index contributed by atoms with van der Waals surface area (Å²) in [5.74, 6) is 0.141. The zero-order chi connectivity index (χ0) is 22.1. The van der Waals surface area contributed by atoms with Crippen molar-refractivity contribution < 1.29 is 14.3 Å². The maximum atomic E-state index is 13.2. The van der Waals surface area contributed by atoms with Crippen LogP contribution in [0.3, 0.4) is 0 Å². The average molecular weight is 429 g/mol. The molecule has 1 N–H and O–H groups in total. The van der Waals surface area contributed by atoms with Crippen molar-refractivity contribution in [3.8, 4) is 5.75 Å². The van der Waals surface area contributed by atoms with Crippen molar-refractivity contribution in [1.82, 2.24) is 4.90 Å². The van der Waals surface area contributed by atoms with E-state index in [0.29, 0.717) is 13.0 Å². The maximum absolute atomic E-state index is 13.2. The lowest BCUT2D eigenvalue weighted by atomic mass is 10.0. The molecule has 0 atom stereocenters. The summed E-state index contributed by atoms with van der Waals surface area (Å²) in [5, 5.41) is 10.4. The van der Waals surface area contributed by atoms with Gasteiger partial charge in [0.1, 0.15) is 11.6 Å². The van der Waals surface area contributed by atoms with E-state index in [2.05, 4.69) is 9.80 Å². The van der Waals surface area contributed by atoms with E-state index in [1.54, 1.807) is 6.07 Å². The van der Waals surface area contributed by atoms with Crippen LogP contribution >= 0.6 is 0 Å². The van der Waals surface area contributed by atoms with Crippen molar-refractivity contribution in [2.24, 2.45) is 0 Å². The number of piperazine rings is 1. The number of anilines is 1. The van der Waals surface area contributed by atoms with E-state index in [-0.39, 0.29) is 17.3 Å². The number of rotatable bonds is 4. The van der Waals surface area contributed by atoms with Crippen molar-refractivity contribution in [3.05, 3.63) is 100 Å². The maximum Gasteiger partial charge on any atom is 0.189 e. The van der Waals surface area contributed by atoms with Crippen LogP contribution in [-0.2, 0) is 13.0 Å². The Labute approximate surface area is 187 Å². The van der Waals surface area contributed by atoms with Crippen LogP contribution < -0.4 is 4.90 Å². The molecule has 0 spiro atoms. The number of hydrogen-bond donors (Lipinski definition) is 1. The summed E-state index contributed by atoms with van der Waals surface area (Å²) in [5.41, 5.74) is 5.47. The number of ketones is 1. The first-order chi connectivity index (χ1) is 15.6. The first-order valence-corrected chi connectivity index (χ1v) is 10.9. The van der Waals surface area contributed by atoms with Gasteiger partial charge < -0.3 is 10.0 Å². The van der Waals surface area contributed by atoms with Gasteiger partial charge in [-0.15, -0.1) is 0 Å². The molecule has 32 heavy (non-hydrogen) atoms. The molecule has 2 aliphatic rings. The Balaban J connectivity index is 1.26. The summed E-state index contributed by atoms with van der Waals surface area (Å²) >= 11 is 0. The van der Waals surface area contributed by atoms with Crippen molar-refractivity contribution in [2.75, 3.05) is 31.1 Å². The second kappa shape index (κ2) is 8.60. The molecule has 1 saturated heterocycles. The highest BCUT2D eigenvalue weighted by atomic mass is 19.1. The fraction of sp³-hybridized carbons (Fsp3) is 0.222. The molecular weight excluding hydrogens is 403 g/mol. The van der Waals surface area contributed by atoms with E-state index in [4.69, 9.17) is 0 Å². The molecule has 5 heteroatoms. The van der Waals surface area contributed by atoms with Gasteiger partial charge in [-0.2, -0.15) is 0 Å².